The molecule has 0 unspecified atom stereocenters. The van der Waals surface area contributed by atoms with Gasteiger partial charge in [0.2, 0.25) is 0 Å². The van der Waals surface area contributed by atoms with E-state index in [-0.39, 0.29) is 5.97 Å². The van der Waals surface area contributed by atoms with Gasteiger partial charge >= 0.3 is 5.97 Å². The predicted octanol–water partition coefficient (Wildman–Crippen LogP) is 3.79. The number of rotatable bonds is 12. The lowest BCUT2D eigenvalue weighted by atomic mass is 10.1. The minimum absolute atomic E-state index is 0.196. The molecule has 0 amide bonds. The number of allylic oxidation sites excluding steroid dienone is 1. The molecule has 0 fully saturated rings. The monoisotopic (exact) mass is 269 g/mol. The van der Waals surface area contributed by atoms with E-state index in [0.717, 1.165) is 25.8 Å². The van der Waals surface area contributed by atoms with Crippen molar-refractivity contribution in [3.8, 4) is 0 Å². The van der Waals surface area contributed by atoms with Gasteiger partial charge in [-0.15, -0.1) is 0 Å². The minimum Gasteiger partial charge on any atom is -0.463 e. The molecule has 0 bridgehead atoms. The van der Waals surface area contributed by atoms with E-state index in [4.69, 9.17) is 4.74 Å². The Morgan fingerprint density at radius 2 is 1.79 bits per heavy atom. The average Bonchev–Trinajstić information content (AvgIpc) is 2.37. The highest BCUT2D eigenvalue weighted by atomic mass is 16.5. The van der Waals surface area contributed by atoms with E-state index in [1.165, 1.54) is 32.1 Å². The number of nitrogens with zero attached hydrogens (tertiary/aromatic N) is 1. The molecule has 0 aliphatic rings. The van der Waals surface area contributed by atoms with Crippen molar-refractivity contribution >= 4 is 5.97 Å². The van der Waals surface area contributed by atoms with E-state index >= 15 is 0 Å². The second-order valence-corrected chi connectivity index (χ2v) is 5.28. The molecule has 0 saturated heterocycles. The Kier molecular flexibility index (Phi) is 13.0. The third-order valence-electron chi connectivity index (χ3n) is 2.97. The Hall–Kier alpha value is -0.830. The number of hydrogen-bond acceptors (Lipinski definition) is 3. The van der Waals surface area contributed by atoms with E-state index < -0.39 is 0 Å². The first-order chi connectivity index (χ1) is 9.16. The van der Waals surface area contributed by atoms with Gasteiger partial charge in [-0.05, 0) is 46.3 Å². The summed E-state index contributed by atoms with van der Waals surface area (Å²) in [5, 5.41) is 0. The van der Waals surface area contributed by atoms with Crippen molar-refractivity contribution < 1.29 is 9.53 Å². The van der Waals surface area contributed by atoms with Gasteiger partial charge in [0.25, 0.3) is 0 Å². The lowest BCUT2D eigenvalue weighted by Gasteiger charge is -2.08. The molecule has 0 heterocycles. The maximum atomic E-state index is 11.4. The van der Waals surface area contributed by atoms with E-state index in [0.29, 0.717) is 6.61 Å². The molecule has 0 atom stereocenters. The normalized spacial score (nSPS) is 11.4. The van der Waals surface area contributed by atoms with Gasteiger partial charge in [-0.1, -0.05) is 38.7 Å². The van der Waals surface area contributed by atoms with Crippen molar-refractivity contribution in [2.24, 2.45) is 0 Å². The first-order valence-electron chi connectivity index (χ1n) is 7.64. The molecule has 0 aliphatic carbocycles. The minimum atomic E-state index is -0.196. The van der Waals surface area contributed by atoms with Crippen LogP contribution in [-0.4, -0.2) is 38.1 Å². The number of ether oxygens (including phenoxy) is 1. The molecule has 3 nitrogen and oxygen atoms in total. The highest BCUT2D eigenvalue weighted by Crippen LogP contribution is 2.05. The fraction of sp³-hybridized carbons (Fsp3) is 0.812. The summed E-state index contributed by atoms with van der Waals surface area (Å²) in [6.45, 7) is 3.80. The largest absolute Gasteiger partial charge is 0.463 e. The molecule has 0 saturated carbocycles. The number of hydrogen-bond donors (Lipinski definition) is 0. The first kappa shape index (κ1) is 18.2. The van der Waals surface area contributed by atoms with Gasteiger partial charge in [-0.2, -0.15) is 0 Å². The molecular weight excluding hydrogens is 238 g/mol. The summed E-state index contributed by atoms with van der Waals surface area (Å²) in [6.07, 6.45) is 12.8. The highest BCUT2D eigenvalue weighted by Gasteiger charge is 1.97. The summed E-state index contributed by atoms with van der Waals surface area (Å²) in [6, 6.07) is 0. The second kappa shape index (κ2) is 13.6. The van der Waals surface area contributed by atoms with Crippen molar-refractivity contribution in [1.82, 2.24) is 4.90 Å². The van der Waals surface area contributed by atoms with E-state index in [2.05, 4.69) is 25.9 Å². The molecule has 0 rings (SSSR count). The van der Waals surface area contributed by atoms with Gasteiger partial charge in [-0.25, -0.2) is 4.79 Å². The van der Waals surface area contributed by atoms with Crippen LogP contribution in [-0.2, 0) is 9.53 Å². The van der Waals surface area contributed by atoms with Crippen molar-refractivity contribution in [1.29, 1.82) is 0 Å². The average molecular weight is 269 g/mol. The number of unbranched alkanes of at least 4 members (excludes halogenated alkanes) is 6. The van der Waals surface area contributed by atoms with Gasteiger partial charge < -0.3 is 9.64 Å². The number of carbonyl (C=O) groups is 1. The van der Waals surface area contributed by atoms with E-state index in [1.807, 2.05) is 6.08 Å². The van der Waals surface area contributed by atoms with Gasteiger partial charge in [0.15, 0.2) is 0 Å². The third-order valence-corrected chi connectivity index (χ3v) is 2.97. The molecule has 0 aromatic rings. The fourth-order valence-corrected chi connectivity index (χ4v) is 1.80. The standard InChI is InChI=1S/C16H31NO2/c1-4-5-6-7-8-9-10-13-16(18)19-15-12-11-14-17(2)3/h10,13H,4-9,11-12,14-15H2,1-3H3. The molecule has 0 aliphatic heterocycles. The quantitative estimate of drug-likeness (QED) is 0.307. The van der Waals surface area contributed by atoms with Crippen molar-refractivity contribution in [3.05, 3.63) is 12.2 Å². The van der Waals surface area contributed by atoms with Crippen molar-refractivity contribution in [2.75, 3.05) is 27.2 Å². The smallest absolute Gasteiger partial charge is 0.330 e. The van der Waals surface area contributed by atoms with Gasteiger partial charge in [0, 0.05) is 6.08 Å². The molecular formula is C16H31NO2. The van der Waals surface area contributed by atoms with Crippen molar-refractivity contribution in [2.45, 2.75) is 58.3 Å². The third kappa shape index (κ3) is 15.1. The summed E-state index contributed by atoms with van der Waals surface area (Å²) < 4.78 is 5.12. The van der Waals surface area contributed by atoms with E-state index in [1.54, 1.807) is 6.08 Å². The summed E-state index contributed by atoms with van der Waals surface area (Å²) in [7, 11) is 4.10. The SMILES string of the molecule is CCCCCCCC=CC(=O)OCCCCN(C)C. The zero-order valence-electron chi connectivity index (χ0n) is 13.0. The summed E-state index contributed by atoms with van der Waals surface area (Å²) in [4.78, 5) is 13.5. The van der Waals surface area contributed by atoms with Crippen LogP contribution in [0.25, 0.3) is 0 Å². The molecule has 0 aromatic carbocycles. The highest BCUT2D eigenvalue weighted by molar-refractivity contribution is 5.81. The zero-order chi connectivity index (χ0) is 14.3. The molecule has 0 aromatic heterocycles. The van der Waals surface area contributed by atoms with Crippen LogP contribution in [0.2, 0.25) is 0 Å². The van der Waals surface area contributed by atoms with Crippen LogP contribution in [0.15, 0.2) is 12.2 Å². The second-order valence-electron chi connectivity index (χ2n) is 5.28. The van der Waals surface area contributed by atoms with Crippen molar-refractivity contribution in [3.63, 3.8) is 0 Å². The topological polar surface area (TPSA) is 29.5 Å². The lowest BCUT2D eigenvalue weighted by molar-refractivity contribution is -0.137. The van der Waals surface area contributed by atoms with Crippen LogP contribution < -0.4 is 0 Å². The Bertz CT molecular complexity index is 237. The molecule has 19 heavy (non-hydrogen) atoms. The summed E-state index contributed by atoms with van der Waals surface area (Å²) in [5.41, 5.74) is 0. The predicted molar refractivity (Wildman–Crippen MR) is 81.3 cm³/mol. The fourth-order valence-electron chi connectivity index (χ4n) is 1.80. The van der Waals surface area contributed by atoms with Crippen LogP contribution in [0.3, 0.4) is 0 Å². The summed E-state index contributed by atoms with van der Waals surface area (Å²) >= 11 is 0. The maximum Gasteiger partial charge on any atom is 0.330 e. The zero-order valence-corrected chi connectivity index (χ0v) is 13.0. The van der Waals surface area contributed by atoms with Gasteiger partial charge in [0.1, 0.15) is 0 Å². The number of esters is 1. The first-order valence-corrected chi connectivity index (χ1v) is 7.64. The molecule has 3 heteroatoms. The summed E-state index contributed by atoms with van der Waals surface area (Å²) in [5.74, 6) is -0.196. The number of carbonyl (C=O) groups excluding carboxylic acids is 1. The Labute approximate surface area is 119 Å². The molecule has 0 radical (unpaired) electrons. The maximum absolute atomic E-state index is 11.4. The molecule has 0 spiro atoms. The Morgan fingerprint density at radius 3 is 2.47 bits per heavy atom. The molecule has 0 N–H and O–H groups in total. The van der Waals surface area contributed by atoms with Gasteiger partial charge in [0.05, 0.1) is 6.61 Å². The van der Waals surface area contributed by atoms with Crippen LogP contribution >= 0.6 is 0 Å². The molecule has 112 valence electrons. The van der Waals surface area contributed by atoms with Gasteiger partial charge in [-0.3, -0.25) is 0 Å². The Balaban J connectivity index is 3.32. The van der Waals surface area contributed by atoms with Crippen LogP contribution in [0.5, 0.6) is 0 Å². The van der Waals surface area contributed by atoms with E-state index in [9.17, 15) is 4.79 Å². The Morgan fingerprint density at radius 1 is 1.05 bits per heavy atom. The van der Waals surface area contributed by atoms with Crippen LogP contribution in [0.4, 0.5) is 0 Å². The van der Waals surface area contributed by atoms with Crippen LogP contribution in [0, 0.1) is 0 Å². The van der Waals surface area contributed by atoms with Crippen LogP contribution in [0.1, 0.15) is 58.3 Å². The lowest BCUT2D eigenvalue weighted by Crippen LogP contribution is -2.13.